The lowest BCUT2D eigenvalue weighted by molar-refractivity contribution is 0.655. The van der Waals surface area contributed by atoms with Crippen molar-refractivity contribution in [3.05, 3.63) is 167 Å². The van der Waals surface area contributed by atoms with Crippen molar-refractivity contribution in [1.29, 1.82) is 0 Å². The summed E-state index contributed by atoms with van der Waals surface area (Å²) in [4.78, 5) is 0. The molecule has 1 aliphatic carbocycles. The third kappa shape index (κ3) is 4.28. The first-order valence-corrected chi connectivity index (χ1v) is 18.0. The minimum atomic E-state index is -0.155. The average molecular weight is 647 g/mol. The molecule has 0 bridgehead atoms. The number of benzene rings is 7. The summed E-state index contributed by atoms with van der Waals surface area (Å²) in [5.74, 6) is 0. The van der Waals surface area contributed by atoms with E-state index in [9.17, 15) is 0 Å². The molecule has 9 rings (SSSR count). The molecule has 0 unspecified atom stereocenters. The zero-order chi connectivity index (χ0) is 33.6. The lowest BCUT2D eigenvalue weighted by Crippen LogP contribution is -2.16. The van der Waals surface area contributed by atoms with Gasteiger partial charge < -0.3 is 0 Å². The summed E-state index contributed by atoms with van der Waals surface area (Å²) in [6.07, 6.45) is 4.52. The van der Waals surface area contributed by atoms with Gasteiger partial charge in [-0.05, 0) is 121 Å². The van der Waals surface area contributed by atoms with E-state index < -0.39 is 0 Å². The second-order valence-electron chi connectivity index (χ2n) is 14.3. The van der Waals surface area contributed by atoms with Gasteiger partial charge in [0.15, 0.2) is 0 Å². The first kappa shape index (κ1) is 29.9. The highest BCUT2D eigenvalue weighted by molar-refractivity contribution is 7.26. The molecule has 49 heavy (non-hydrogen) atoms. The third-order valence-electron chi connectivity index (χ3n) is 11.0. The topological polar surface area (TPSA) is 0 Å². The van der Waals surface area contributed by atoms with Crippen molar-refractivity contribution in [2.24, 2.45) is 0 Å². The van der Waals surface area contributed by atoms with Gasteiger partial charge in [0.2, 0.25) is 0 Å². The Balaban J connectivity index is 1.33. The van der Waals surface area contributed by atoms with Crippen LogP contribution in [0.2, 0.25) is 0 Å². The minimum Gasteiger partial charge on any atom is -0.135 e. The van der Waals surface area contributed by atoms with Crippen molar-refractivity contribution >= 4 is 75.0 Å². The second-order valence-corrected chi connectivity index (χ2v) is 15.3. The van der Waals surface area contributed by atoms with E-state index in [1.807, 2.05) is 11.3 Å². The van der Waals surface area contributed by atoms with E-state index in [0.717, 1.165) is 5.57 Å². The van der Waals surface area contributed by atoms with Crippen LogP contribution in [-0.2, 0) is 5.41 Å². The molecule has 0 radical (unpaired) electrons. The van der Waals surface area contributed by atoms with Gasteiger partial charge in [0.05, 0.1) is 0 Å². The first-order valence-electron chi connectivity index (χ1n) is 17.2. The molecule has 0 fully saturated rings. The third-order valence-corrected chi connectivity index (χ3v) is 12.2. The molecule has 1 heteroatoms. The number of rotatable bonds is 4. The van der Waals surface area contributed by atoms with E-state index in [2.05, 4.69) is 169 Å². The number of allylic oxidation sites excluding steroid dienone is 5. The molecule has 0 nitrogen and oxygen atoms in total. The van der Waals surface area contributed by atoms with E-state index in [-0.39, 0.29) is 5.41 Å². The van der Waals surface area contributed by atoms with Crippen LogP contribution in [0.1, 0.15) is 48.6 Å². The van der Waals surface area contributed by atoms with Gasteiger partial charge in [0.25, 0.3) is 0 Å². The van der Waals surface area contributed by atoms with Crippen LogP contribution in [0.15, 0.2) is 140 Å². The summed E-state index contributed by atoms with van der Waals surface area (Å²) in [6, 6.07) is 42.7. The Morgan fingerprint density at radius 1 is 0.653 bits per heavy atom. The van der Waals surface area contributed by atoms with Crippen molar-refractivity contribution in [3.63, 3.8) is 0 Å². The molecular formula is C48H38S. The number of hydrogen-bond donors (Lipinski definition) is 0. The first-order chi connectivity index (χ1) is 23.8. The van der Waals surface area contributed by atoms with Crippen LogP contribution in [0.5, 0.6) is 0 Å². The van der Waals surface area contributed by atoms with E-state index in [4.69, 9.17) is 0 Å². The minimum absolute atomic E-state index is 0.155. The largest absolute Gasteiger partial charge is 0.135 e. The monoisotopic (exact) mass is 646 g/mol. The molecule has 0 saturated carbocycles. The maximum Gasteiger partial charge on any atom is 0.0433 e. The van der Waals surface area contributed by atoms with Gasteiger partial charge in [0.1, 0.15) is 0 Å². The highest BCUT2D eigenvalue weighted by atomic mass is 32.1. The van der Waals surface area contributed by atoms with Crippen LogP contribution in [0.25, 0.3) is 74.8 Å². The summed E-state index contributed by atoms with van der Waals surface area (Å²) in [5, 5.41) is 10.3. The van der Waals surface area contributed by atoms with Crippen LogP contribution < -0.4 is 0 Å². The number of hydrogen-bond acceptors (Lipinski definition) is 1. The number of aryl methyl sites for hydroxylation is 2. The summed E-state index contributed by atoms with van der Waals surface area (Å²) in [5.41, 5.74) is 13.0. The number of fused-ring (bicyclic) bond motifs is 8. The predicted molar refractivity (Wildman–Crippen MR) is 217 cm³/mol. The quantitative estimate of drug-likeness (QED) is 0.132. The Labute approximate surface area is 292 Å². The van der Waals surface area contributed by atoms with Crippen LogP contribution >= 0.6 is 11.3 Å². The summed E-state index contributed by atoms with van der Waals surface area (Å²) < 4.78 is 2.79. The molecule has 0 saturated heterocycles. The molecule has 0 spiro atoms. The molecule has 1 aromatic heterocycles. The molecule has 0 N–H and O–H groups in total. The molecule has 7 aromatic carbocycles. The molecule has 1 aliphatic rings. The standard InChI is InChI=1S/C48H38S/c1-7-31(27-41-30(4)44-40(48(41,5)6)24-23-39-43-29(3)25-28(2)26-42(43)49-47(39)44)45-35-18-10-12-20-37(35)46(38-21-13-11-19-36(38)45)34-22-14-16-32-15-8-9-17-33(32)34/h7-27H,1H2,2-6H3/b31-27+. The fourth-order valence-electron chi connectivity index (χ4n) is 8.84. The lowest BCUT2D eigenvalue weighted by atomic mass is 9.79. The normalized spacial score (nSPS) is 14.5. The maximum absolute atomic E-state index is 4.44. The van der Waals surface area contributed by atoms with Gasteiger partial charge in [-0.1, -0.05) is 136 Å². The highest BCUT2D eigenvalue weighted by Gasteiger charge is 2.37. The predicted octanol–water partition coefficient (Wildman–Crippen LogP) is 14.1. The maximum atomic E-state index is 4.44. The Bertz CT molecular complexity index is 2720. The SMILES string of the molecule is C=C/C(=C\C1=C(C)c2c(ccc3c2sc2cc(C)cc(C)c23)C1(C)C)c1c2ccccc2c(-c2cccc3ccccc23)c2ccccc12. The summed E-state index contributed by atoms with van der Waals surface area (Å²) in [6.45, 7) is 16.0. The Morgan fingerprint density at radius 3 is 1.98 bits per heavy atom. The molecule has 8 aromatic rings. The summed E-state index contributed by atoms with van der Waals surface area (Å²) >= 11 is 1.95. The van der Waals surface area contributed by atoms with Gasteiger partial charge in [-0.25, -0.2) is 0 Å². The van der Waals surface area contributed by atoms with Gasteiger partial charge in [0, 0.05) is 25.6 Å². The zero-order valence-corrected chi connectivity index (χ0v) is 29.6. The van der Waals surface area contributed by atoms with Crippen LogP contribution in [0.3, 0.4) is 0 Å². The summed E-state index contributed by atoms with van der Waals surface area (Å²) in [7, 11) is 0. The molecular weight excluding hydrogens is 609 g/mol. The van der Waals surface area contributed by atoms with Crippen molar-refractivity contribution < 1.29 is 0 Å². The van der Waals surface area contributed by atoms with Crippen molar-refractivity contribution in [2.75, 3.05) is 0 Å². The van der Waals surface area contributed by atoms with E-state index in [1.54, 1.807) is 0 Å². The molecule has 1 heterocycles. The van der Waals surface area contributed by atoms with Gasteiger partial charge in [-0.2, -0.15) is 0 Å². The second kappa shape index (κ2) is 10.9. The van der Waals surface area contributed by atoms with Crippen molar-refractivity contribution in [2.45, 2.75) is 40.0 Å². The number of thiophene rings is 1. The highest BCUT2D eigenvalue weighted by Crippen LogP contribution is 2.53. The zero-order valence-electron chi connectivity index (χ0n) is 28.7. The fourth-order valence-corrected chi connectivity index (χ4v) is 10.3. The lowest BCUT2D eigenvalue weighted by Gasteiger charge is -2.24. The van der Waals surface area contributed by atoms with E-state index >= 15 is 0 Å². The van der Waals surface area contributed by atoms with Crippen LogP contribution in [0.4, 0.5) is 0 Å². The van der Waals surface area contributed by atoms with Gasteiger partial charge >= 0.3 is 0 Å². The van der Waals surface area contributed by atoms with Crippen LogP contribution in [0, 0.1) is 13.8 Å². The molecule has 0 aliphatic heterocycles. The van der Waals surface area contributed by atoms with Gasteiger partial charge in [-0.3, -0.25) is 0 Å². The van der Waals surface area contributed by atoms with Crippen LogP contribution in [-0.4, -0.2) is 0 Å². The Hall–Kier alpha value is -5.24. The van der Waals surface area contributed by atoms with E-state index in [0.29, 0.717) is 0 Å². The average Bonchev–Trinajstić information content (AvgIpc) is 3.57. The van der Waals surface area contributed by atoms with Crippen molar-refractivity contribution in [3.8, 4) is 11.1 Å². The molecule has 0 atom stereocenters. The molecule has 236 valence electrons. The van der Waals surface area contributed by atoms with E-state index in [1.165, 1.54) is 103 Å². The smallest absolute Gasteiger partial charge is 0.0433 e. The van der Waals surface area contributed by atoms with Gasteiger partial charge in [-0.15, -0.1) is 11.3 Å². The fraction of sp³-hybridized carbons (Fsp3) is 0.125. The Kier molecular flexibility index (Phi) is 6.64. The van der Waals surface area contributed by atoms with Crippen molar-refractivity contribution in [1.82, 2.24) is 0 Å². The Morgan fingerprint density at radius 2 is 1.29 bits per heavy atom. The molecule has 0 amide bonds.